The molecule has 4 N–H and O–H groups in total. The van der Waals surface area contributed by atoms with E-state index in [2.05, 4.69) is 0 Å². The molecule has 0 bridgehead atoms. The standard InChI is InChI=1S/C16H19N3O6S/c1-9(20)19-6-4-10(5-7-19)14-8-13(21)11-2-3-12(17)15(16(11)25-14)18-26(22,23)24/h2-3,8,10,18H,4-7,17H2,1H3,(H,22,23,24). The summed E-state index contributed by atoms with van der Waals surface area (Å²) in [5, 5.41) is 0.148. The average molecular weight is 381 g/mol. The molecule has 1 saturated heterocycles. The van der Waals surface area contributed by atoms with E-state index in [1.807, 2.05) is 4.72 Å². The first-order valence-electron chi connectivity index (χ1n) is 8.02. The molecule has 0 radical (unpaired) electrons. The monoisotopic (exact) mass is 381 g/mol. The zero-order chi connectivity index (χ0) is 19.1. The number of nitrogens with one attached hydrogen (secondary N) is 1. The fourth-order valence-corrected chi connectivity index (χ4v) is 3.64. The second-order valence-electron chi connectivity index (χ2n) is 6.28. The minimum absolute atomic E-state index is 0.00386. The highest BCUT2D eigenvalue weighted by Crippen LogP contribution is 2.33. The molecule has 1 aliphatic rings. The van der Waals surface area contributed by atoms with Crippen LogP contribution in [0.2, 0.25) is 0 Å². The summed E-state index contributed by atoms with van der Waals surface area (Å²) in [7, 11) is -4.59. The number of likely N-dealkylation sites (tertiary alicyclic amines) is 1. The first kappa shape index (κ1) is 18.2. The number of nitrogen functional groups attached to an aromatic ring is 1. The molecule has 2 heterocycles. The first-order valence-corrected chi connectivity index (χ1v) is 9.46. The van der Waals surface area contributed by atoms with Gasteiger partial charge in [-0.2, -0.15) is 8.42 Å². The van der Waals surface area contributed by atoms with Gasteiger partial charge in [0, 0.05) is 32.0 Å². The third-order valence-electron chi connectivity index (χ3n) is 4.52. The van der Waals surface area contributed by atoms with Gasteiger partial charge in [0.15, 0.2) is 11.0 Å². The van der Waals surface area contributed by atoms with Crippen molar-refractivity contribution in [3.05, 3.63) is 34.2 Å². The minimum Gasteiger partial charge on any atom is -0.458 e. The maximum Gasteiger partial charge on any atom is 0.357 e. The molecule has 26 heavy (non-hydrogen) atoms. The number of rotatable bonds is 3. The lowest BCUT2D eigenvalue weighted by Crippen LogP contribution is -2.36. The van der Waals surface area contributed by atoms with Crippen LogP contribution >= 0.6 is 0 Å². The molecule has 10 heteroatoms. The number of fused-ring (bicyclic) bond motifs is 1. The molecule has 0 aliphatic carbocycles. The van der Waals surface area contributed by atoms with E-state index in [0.717, 1.165) is 0 Å². The summed E-state index contributed by atoms with van der Waals surface area (Å²) in [6, 6.07) is 4.18. The number of benzene rings is 1. The van der Waals surface area contributed by atoms with Gasteiger partial charge in [-0.15, -0.1) is 0 Å². The molecule has 1 aliphatic heterocycles. The number of anilines is 2. The van der Waals surface area contributed by atoms with E-state index in [1.165, 1.54) is 25.1 Å². The summed E-state index contributed by atoms with van der Waals surface area (Å²) < 4.78 is 39.2. The van der Waals surface area contributed by atoms with Gasteiger partial charge in [0.05, 0.1) is 11.1 Å². The van der Waals surface area contributed by atoms with E-state index >= 15 is 0 Å². The van der Waals surface area contributed by atoms with E-state index in [1.54, 1.807) is 4.90 Å². The highest BCUT2D eigenvalue weighted by Gasteiger charge is 2.25. The number of amides is 1. The van der Waals surface area contributed by atoms with Crippen LogP contribution in [-0.2, 0) is 15.1 Å². The number of hydrogen-bond acceptors (Lipinski definition) is 6. The lowest BCUT2D eigenvalue weighted by Gasteiger charge is -2.30. The first-order chi connectivity index (χ1) is 12.2. The maximum absolute atomic E-state index is 12.4. The number of hydrogen-bond donors (Lipinski definition) is 3. The molecule has 9 nitrogen and oxygen atoms in total. The predicted molar refractivity (Wildman–Crippen MR) is 96.3 cm³/mol. The highest BCUT2D eigenvalue weighted by molar-refractivity contribution is 7.87. The van der Waals surface area contributed by atoms with Crippen molar-refractivity contribution in [2.75, 3.05) is 23.5 Å². The van der Waals surface area contributed by atoms with Crippen LogP contribution < -0.4 is 15.9 Å². The SMILES string of the molecule is CC(=O)N1CCC(c2cc(=O)c3ccc(N)c(NS(=O)(=O)O)c3o2)CC1. The minimum atomic E-state index is -4.59. The smallest absolute Gasteiger partial charge is 0.357 e. The van der Waals surface area contributed by atoms with Crippen molar-refractivity contribution in [2.24, 2.45) is 0 Å². The largest absolute Gasteiger partial charge is 0.458 e. The van der Waals surface area contributed by atoms with Crippen molar-refractivity contribution < 1.29 is 22.2 Å². The van der Waals surface area contributed by atoms with Gasteiger partial charge >= 0.3 is 10.3 Å². The number of nitrogens with zero attached hydrogens (tertiary/aromatic N) is 1. The Balaban J connectivity index is 2.05. The molecule has 1 aromatic heterocycles. The molecule has 0 saturated carbocycles. The molecular formula is C16H19N3O6S. The van der Waals surface area contributed by atoms with E-state index in [-0.39, 0.29) is 39.6 Å². The van der Waals surface area contributed by atoms with Crippen LogP contribution in [0.25, 0.3) is 11.0 Å². The van der Waals surface area contributed by atoms with Crippen molar-refractivity contribution in [3.8, 4) is 0 Å². The van der Waals surface area contributed by atoms with Crippen LogP contribution in [0.4, 0.5) is 11.4 Å². The van der Waals surface area contributed by atoms with Gasteiger partial charge in [-0.25, -0.2) is 0 Å². The summed E-state index contributed by atoms with van der Waals surface area (Å²) >= 11 is 0. The van der Waals surface area contributed by atoms with Gasteiger partial charge in [0.25, 0.3) is 0 Å². The molecule has 1 aromatic carbocycles. The summed E-state index contributed by atoms with van der Waals surface area (Å²) in [6.07, 6.45) is 1.24. The van der Waals surface area contributed by atoms with Crippen LogP contribution in [0.15, 0.2) is 27.4 Å². The molecule has 2 aromatic rings. The van der Waals surface area contributed by atoms with Gasteiger partial charge in [-0.3, -0.25) is 18.9 Å². The van der Waals surface area contributed by atoms with Crippen molar-refractivity contribution in [2.45, 2.75) is 25.7 Å². The number of carbonyl (C=O) groups is 1. The van der Waals surface area contributed by atoms with Gasteiger partial charge in [-0.1, -0.05) is 0 Å². The van der Waals surface area contributed by atoms with Crippen molar-refractivity contribution in [3.63, 3.8) is 0 Å². The Morgan fingerprint density at radius 2 is 2.00 bits per heavy atom. The summed E-state index contributed by atoms with van der Waals surface area (Å²) in [4.78, 5) is 25.6. The lowest BCUT2D eigenvalue weighted by molar-refractivity contribution is -0.129. The molecule has 0 atom stereocenters. The Bertz CT molecular complexity index is 1020. The normalized spacial score (nSPS) is 16.0. The predicted octanol–water partition coefficient (Wildman–Crippen LogP) is 1.32. The number of carbonyl (C=O) groups excluding carboxylic acids is 1. The van der Waals surface area contributed by atoms with E-state index < -0.39 is 10.3 Å². The van der Waals surface area contributed by atoms with Gasteiger partial charge in [0.1, 0.15) is 11.4 Å². The quantitative estimate of drug-likeness (QED) is 0.537. The third-order valence-corrected chi connectivity index (χ3v) is 4.98. The highest BCUT2D eigenvalue weighted by atomic mass is 32.2. The molecule has 0 unspecified atom stereocenters. The molecule has 0 spiro atoms. The molecule has 3 rings (SSSR count). The molecule has 1 amide bonds. The van der Waals surface area contributed by atoms with Crippen molar-refractivity contribution >= 4 is 38.6 Å². The molecule has 140 valence electrons. The Labute approximate surface area is 149 Å². The van der Waals surface area contributed by atoms with Crippen LogP contribution in [0, 0.1) is 0 Å². The second kappa shape index (κ2) is 6.61. The third kappa shape index (κ3) is 3.65. The van der Waals surface area contributed by atoms with Gasteiger partial charge < -0.3 is 15.1 Å². The van der Waals surface area contributed by atoms with Crippen LogP contribution in [0.3, 0.4) is 0 Å². The fraction of sp³-hybridized carbons (Fsp3) is 0.375. The zero-order valence-electron chi connectivity index (χ0n) is 14.1. The Morgan fingerprint density at radius 1 is 1.35 bits per heavy atom. The van der Waals surface area contributed by atoms with Crippen LogP contribution in [0.1, 0.15) is 31.4 Å². The summed E-state index contributed by atoms with van der Waals surface area (Å²) in [5.41, 5.74) is 5.25. The van der Waals surface area contributed by atoms with E-state index in [4.69, 9.17) is 14.7 Å². The molecule has 1 fully saturated rings. The van der Waals surface area contributed by atoms with Crippen LogP contribution in [0.5, 0.6) is 0 Å². The Hall–Kier alpha value is -2.59. The van der Waals surface area contributed by atoms with E-state index in [9.17, 15) is 18.0 Å². The maximum atomic E-state index is 12.4. The van der Waals surface area contributed by atoms with Gasteiger partial charge in [0.2, 0.25) is 5.91 Å². The van der Waals surface area contributed by atoms with Crippen molar-refractivity contribution in [1.82, 2.24) is 4.90 Å². The average Bonchev–Trinajstić information content (AvgIpc) is 2.56. The Kier molecular flexibility index (Phi) is 4.63. The van der Waals surface area contributed by atoms with Crippen LogP contribution in [-0.4, -0.2) is 36.9 Å². The fourth-order valence-electron chi connectivity index (χ4n) is 3.17. The Morgan fingerprint density at radius 3 is 2.58 bits per heavy atom. The van der Waals surface area contributed by atoms with Crippen molar-refractivity contribution in [1.29, 1.82) is 0 Å². The lowest BCUT2D eigenvalue weighted by atomic mass is 9.93. The summed E-state index contributed by atoms with van der Waals surface area (Å²) in [5.74, 6) is 0.313. The molecular weight excluding hydrogens is 362 g/mol. The van der Waals surface area contributed by atoms with Gasteiger partial charge in [-0.05, 0) is 25.0 Å². The number of piperidine rings is 1. The summed E-state index contributed by atoms with van der Waals surface area (Å²) in [6.45, 7) is 2.61. The number of nitrogens with two attached hydrogens (primary N) is 1. The second-order valence-corrected chi connectivity index (χ2v) is 7.43. The topological polar surface area (TPSA) is 143 Å². The van der Waals surface area contributed by atoms with E-state index in [0.29, 0.717) is 31.7 Å². The zero-order valence-corrected chi connectivity index (χ0v) is 14.9.